The van der Waals surface area contributed by atoms with Crippen LogP contribution in [0.15, 0.2) is 49.1 Å². The molecule has 3 aromatic rings. The molecule has 0 saturated carbocycles. The first-order chi connectivity index (χ1) is 15.2. The average Bonchev–Trinajstić information content (AvgIpc) is 3.48. The number of carbonyl (C=O) groups is 1. The molecule has 0 bridgehead atoms. The summed E-state index contributed by atoms with van der Waals surface area (Å²) in [5.74, 6) is 0.713. The summed E-state index contributed by atoms with van der Waals surface area (Å²) in [5, 5.41) is 3.55. The monoisotopic (exact) mass is 417 g/mol. The Labute approximate surface area is 181 Å². The number of nitrogens with zero attached hydrogens (tertiary/aromatic N) is 4. The number of aromatic amines is 1. The third kappa shape index (κ3) is 4.11. The van der Waals surface area contributed by atoms with Gasteiger partial charge in [0.15, 0.2) is 0 Å². The van der Waals surface area contributed by atoms with Crippen molar-refractivity contribution in [2.45, 2.75) is 25.4 Å². The highest BCUT2D eigenvalue weighted by Gasteiger charge is 2.31. The number of nitrogens with one attached hydrogen (secondary N) is 2. The maximum Gasteiger partial charge on any atom is 0.253 e. The summed E-state index contributed by atoms with van der Waals surface area (Å²) in [4.78, 5) is 28.7. The Morgan fingerprint density at radius 3 is 2.61 bits per heavy atom. The van der Waals surface area contributed by atoms with E-state index < -0.39 is 0 Å². The maximum atomic E-state index is 13.0. The SMILES string of the molecule is Nc1nccc2c1CC(N1CCN(C(=O)c3ccc(CCc4cnc[nH]4)cc3)CC1)N2. The van der Waals surface area contributed by atoms with Crippen LogP contribution >= 0.6 is 0 Å². The van der Waals surface area contributed by atoms with Gasteiger partial charge in [0.1, 0.15) is 5.82 Å². The van der Waals surface area contributed by atoms with Gasteiger partial charge in [-0.25, -0.2) is 9.97 Å². The molecule has 0 spiro atoms. The van der Waals surface area contributed by atoms with Gasteiger partial charge < -0.3 is 20.9 Å². The van der Waals surface area contributed by atoms with Crippen LogP contribution in [0.1, 0.15) is 27.2 Å². The van der Waals surface area contributed by atoms with Crippen molar-refractivity contribution in [1.82, 2.24) is 24.8 Å². The van der Waals surface area contributed by atoms with Crippen LogP contribution < -0.4 is 11.1 Å². The van der Waals surface area contributed by atoms with Crippen LogP contribution in [-0.2, 0) is 19.3 Å². The van der Waals surface area contributed by atoms with Crippen molar-refractivity contribution >= 4 is 17.4 Å². The summed E-state index contributed by atoms with van der Waals surface area (Å²) in [6.07, 6.45) is 8.19. The van der Waals surface area contributed by atoms with E-state index in [1.165, 1.54) is 5.56 Å². The molecule has 1 fully saturated rings. The topological polar surface area (TPSA) is 103 Å². The molecule has 8 nitrogen and oxygen atoms in total. The normalized spacial score (nSPS) is 18.6. The van der Waals surface area contributed by atoms with E-state index in [0.29, 0.717) is 5.82 Å². The fourth-order valence-electron chi connectivity index (χ4n) is 4.44. The molecule has 1 saturated heterocycles. The van der Waals surface area contributed by atoms with E-state index in [-0.39, 0.29) is 12.1 Å². The highest BCUT2D eigenvalue weighted by Crippen LogP contribution is 2.30. The van der Waals surface area contributed by atoms with Gasteiger partial charge in [-0.15, -0.1) is 0 Å². The lowest BCUT2D eigenvalue weighted by molar-refractivity contribution is 0.0594. The zero-order valence-electron chi connectivity index (χ0n) is 17.4. The predicted octanol–water partition coefficient (Wildman–Crippen LogP) is 1.92. The number of hydrogen-bond donors (Lipinski definition) is 3. The number of aryl methyl sites for hydroxylation is 2. The third-order valence-corrected chi connectivity index (χ3v) is 6.29. The highest BCUT2D eigenvalue weighted by molar-refractivity contribution is 5.94. The van der Waals surface area contributed by atoms with Crippen LogP contribution in [0.4, 0.5) is 11.5 Å². The van der Waals surface area contributed by atoms with Crippen molar-refractivity contribution in [3.63, 3.8) is 0 Å². The molecular weight excluding hydrogens is 390 g/mol. The largest absolute Gasteiger partial charge is 0.383 e. The van der Waals surface area contributed by atoms with Crippen LogP contribution in [0, 0.1) is 0 Å². The molecule has 1 atom stereocenters. The molecule has 1 aromatic carbocycles. The molecule has 5 rings (SSSR count). The minimum Gasteiger partial charge on any atom is -0.383 e. The first kappa shape index (κ1) is 19.6. The molecule has 1 unspecified atom stereocenters. The smallest absolute Gasteiger partial charge is 0.253 e. The van der Waals surface area contributed by atoms with E-state index in [9.17, 15) is 4.79 Å². The van der Waals surface area contributed by atoms with Crippen LogP contribution in [0.25, 0.3) is 0 Å². The van der Waals surface area contributed by atoms with Crippen molar-refractivity contribution in [1.29, 1.82) is 0 Å². The second kappa shape index (κ2) is 8.39. The van der Waals surface area contributed by atoms with E-state index in [1.807, 2.05) is 29.3 Å². The van der Waals surface area contributed by atoms with E-state index in [4.69, 9.17) is 5.73 Å². The quantitative estimate of drug-likeness (QED) is 0.586. The number of H-pyrrole nitrogens is 1. The number of rotatable bonds is 5. The number of aromatic nitrogens is 3. The number of anilines is 2. The summed E-state index contributed by atoms with van der Waals surface area (Å²) in [6, 6.07) is 9.98. The molecule has 8 heteroatoms. The maximum absolute atomic E-state index is 13.0. The van der Waals surface area contributed by atoms with Gasteiger partial charge in [-0.3, -0.25) is 9.69 Å². The predicted molar refractivity (Wildman–Crippen MR) is 120 cm³/mol. The van der Waals surface area contributed by atoms with Crippen LogP contribution in [0.2, 0.25) is 0 Å². The lowest BCUT2D eigenvalue weighted by Crippen LogP contribution is -2.53. The first-order valence-corrected chi connectivity index (χ1v) is 10.8. The molecular formula is C23H27N7O. The Bertz CT molecular complexity index is 1040. The fraction of sp³-hybridized carbons (Fsp3) is 0.348. The number of fused-ring (bicyclic) bond motifs is 1. The molecule has 0 radical (unpaired) electrons. The highest BCUT2D eigenvalue weighted by atomic mass is 16.2. The van der Waals surface area contributed by atoms with Gasteiger partial charge >= 0.3 is 0 Å². The second-order valence-corrected chi connectivity index (χ2v) is 8.19. The van der Waals surface area contributed by atoms with Crippen molar-refractivity contribution < 1.29 is 4.79 Å². The van der Waals surface area contributed by atoms with Crippen molar-refractivity contribution in [3.8, 4) is 0 Å². The Balaban J connectivity index is 1.14. The summed E-state index contributed by atoms with van der Waals surface area (Å²) in [5.41, 5.74) is 11.3. The molecule has 160 valence electrons. The summed E-state index contributed by atoms with van der Waals surface area (Å²) >= 11 is 0. The number of piperazine rings is 1. The Kier molecular flexibility index (Phi) is 5.30. The Morgan fingerprint density at radius 1 is 1.10 bits per heavy atom. The zero-order chi connectivity index (χ0) is 21.2. The standard InChI is InChI=1S/C23H27N7O/c24-22-19-13-21(28-20(19)7-8-26-22)29-9-11-30(12-10-29)23(31)17-4-1-16(2-5-17)3-6-18-14-25-15-27-18/h1-2,4-5,7-8,14-15,21,28H,3,6,9-13H2,(H2,24,26)(H,25,27). The minimum absolute atomic E-state index is 0.107. The Morgan fingerprint density at radius 2 is 1.90 bits per heavy atom. The summed E-state index contributed by atoms with van der Waals surface area (Å²) in [7, 11) is 0. The van der Waals surface area contributed by atoms with Crippen LogP contribution in [0.5, 0.6) is 0 Å². The van der Waals surface area contributed by atoms with Crippen LogP contribution in [0.3, 0.4) is 0 Å². The van der Waals surface area contributed by atoms with Gasteiger partial charge in [-0.1, -0.05) is 12.1 Å². The molecule has 31 heavy (non-hydrogen) atoms. The molecule has 2 aliphatic rings. The first-order valence-electron chi connectivity index (χ1n) is 10.8. The van der Waals surface area contributed by atoms with Crippen LogP contribution in [-0.4, -0.2) is 63.0 Å². The van der Waals surface area contributed by atoms with Gasteiger partial charge in [0, 0.05) is 67.5 Å². The van der Waals surface area contributed by atoms with Gasteiger partial charge in [0.05, 0.1) is 12.5 Å². The fourth-order valence-corrected chi connectivity index (χ4v) is 4.44. The molecule has 2 aliphatic heterocycles. The van der Waals surface area contributed by atoms with E-state index >= 15 is 0 Å². The van der Waals surface area contributed by atoms with E-state index in [1.54, 1.807) is 12.5 Å². The van der Waals surface area contributed by atoms with Crippen molar-refractivity contribution in [2.75, 3.05) is 37.2 Å². The number of nitrogen functional groups attached to an aromatic ring is 1. The third-order valence-electron chi connectivity index (χ3n) is 6.29. The van der Waals surface area contributed by atoms with Gasteiger partial charge in [-0.2, -0.15) is 0 Å². The number of imidazole rings is 1. The van der Waals surface area contributed by atoms with E-state index in [2.05, 4.69) is 37.3 Å². The number of benzene rings is 1. The zero-order valence-corrected chi connectivity index (χ0v) is 17.4. The molecule has 4 heterocycles. The van der Waals surface area contributed by atoms with Gasteiger partial charge in [-0.05, 0) is 36.6 Å². The van der Waals surface area contributed by atoms with Gasteiger partial charge in [0.25, 0.3) is 5.91 Å². The van der Waals surface area contributed by atoms with E-state index in [0.717, 1.165) is 67.9 Å². The van der Waals surface area contributed by atoms with Crippen molar-refractivity contribution in [3.05, 3.63) is 71.4 Å². The second-order valence-electron chi connectivity index (χ2n) is 8.19. The lowest BCUT2D eigenvalue weighted by Gasteiger charge is -2.38. The number of nitrogens with two attached hydrogens (primary N) is 1. The molecule has 0 aliphatic carbocycles. The number of amides is 1. The van der Waals surface area contributed by atoms with Crippen molar-refractivity contribution in [2.24, 2.45) is 0 Å². The number of hydrogen-bond acceptors (Lipinski definition) is 6. The number of carbonyl (C=O) groups excluding carboxylic acids is 1. The summed E-state index contributed by atoms with van der Waals surface area (Å²) in [6.45, 7) is 3.13. The molecule has 1 amide bonds. The Hall–Kier alpha value is -3.39. The number of pyridine rings is 1. The average molecular weight is 418 g/mol. The molecule has 4 N–H and O–H groups in total. The van der Waals surface area contributed by atoms with Gasteiger partial charge in [0.2, 0.25) is 0 Å². The lowest BCUT2D eigenvalue weighted by atomic mass is 10.1. The molecule has 2 aromatic heterocycles. The summed E-state index contributed by atoms with van der Waals surface area (Å²) < 4.78 is 0. The minimum atomic E-state index is 0.107.